The average molecular weight is 334 g/mol. The first kappa shape index (κ1) is 16.8. The van der Waals surface area contributed by atoms with Crippen molar-refractivity contribution >= 4 is 0 Å². The van der Waals surface area contributed by atoms with Gasteiger partial charge < -0.3 is 4.90 Å². The van der Waals surface area contributed by atoms with Crippen LogP contribution < -0.4 is 0 Å². The summed E-state index contributed by atoms with van der Waals surface area (Å²) in [6, 6.07) is 18.2. The van der Waals surface area contributed by atoms with E-state index >= 15 is 0 Å². The molecule has 1 aliphatic heterocycles. The number of piperidine rings is 1. The van der Waals surface area contributed by atoms with Crippen molar-refractivity contribution in [3.63, 3.8) is 0 Å². The molecular weight excluding hydrogens is 302 g/mol. The Morgan fingerprint density at radius 1 is 0.800 bits per heavy atom. The van der Waals surface area contributed by atoms with Crippen molar-refractivity contribution in [2.24, 2.45) is 5.92 Å². The van der Waals surface area contributed by atoms with E-state index in [1.54, 1.807) is 0 Å². The third-order valence-electron chi connectivity index (χ3n) is 6.26. The minimum Gasteiger partial charge on any atom is -0.302 e. The second kappa shape index (κ2) is 7.74. The molecule has 1 unspecified atom stereocenters. The van der Waals surface area contributed by atoms with Gasteiger partial charge in [0.25, 0.3) is 0 Å². The zero-order chi connectivity index (χ0) is 17.1. The van der Waals surface area contributed by atoms with Crippen molar-refractivity contribution in [3.8, 4) is 11.1 Å². The zero-order valence-electron chi connectivity index (χ0n) is 15.6. The maximum absolute atomic E-state index is 2.75. The number of aryl methyl sites for hydroxylation is 1. The van der Waals surface area contributed by atoms with Crippen LogP contribution in [0.4, 0.5) is 0 Å². The average Bonchev–Trinajstić information content (AvgIpc) is 3.16. The van der Waals surface area contributed by atoms with Crippen LogP contribution in [0.1, 0.15) is 55.6 Å². The monoisotopic (exact) mass is 333 g/mol. The second-order valence-electron chi connectivity index (χ2n) is 8.24. The number of rotatable bonds is 4. The van der Waals surface area contributed by atoms with Gasteiger partial charge in [-0.2, -0.15) is 0 Å². The fourth-order valence-electron chi connectivity index (χ4n) is 4.75. The molecule has 0 spiro atoms. The molecule has 0 radical (unpaired) electrons. The van der Waals surface area contributed by atoms with E-state index in [1.165, 1.54) is 80.4 Å². The van der Waals surface area contributed by atoms with Crippen LogP contribution in [-0.2, 0) is 0 Å². The molecule has 2 aromatic rings. The first-order valence-electron chi connectivity index (χ1n) is 10.2. The maximum Gasteiger partial charge on any atom is 0.00504 e. The lowest BCUT2D eigenvalue weighted by atomic mass is 9.89. The van der Waals surface area contributed by atoms with Gasteiger partial charge in [0.05, 0.1) is 0 Å². The first-order chi connectivity index (χ1) is 12.3. The summed E-state index contributed by atoms with van der Waals surface area (Å²) >= 11 is 0. The Morgan fingerprint density at radius 2 is 1.44 bits per heavy atom. The van der Waals surface area contributed by atoms with Gasteiger partial charge in [0, 0.05) is 13.1 Å². The minimum absolute atomic E-state index is 0.724. The molecule has 0 bridgehead atoms. The Hall–Kier alpha value is -1.60. The van der Waals surface area contributed by atoms with Crippen LogP contribution in [0, 0.1) is 12.8 Å². The lowest BCUT2D eigenvalue weighted by Crippen LogP contribution is -2.37. The standard InChI is InChI=1S/C24H31N/c1-19-8-10-21(11-9-19)22-12-14-23(15-13-22)24-7-4-16-25(18-24)17-20-5-2-3-6-20/h8-15,20,24H,2-7,16-18H2,1H3. The molecule has 4 rings (SSSR count). The fourth-order valence-corrected chi connectivity index (χ4v) is 4.75. The van der Waals surface area contributed by atoms with E-state index in [-0.39, 0.29) is 0 Å². The molecule has 1 atom stereocenters. The van der Waals surface area contributed by atoms with Gasteiger partial charge in [0.15, 0.2) is 0 Å². The van der Waals surface area contributed by atoms with Crippen molar-refractivity contribution in [2.45, 2.75) is 51.4 Å². The van der Waals surface area contributed by atoms with Crippen LogP contribution in [0.3, 0.4) is 0 Å². The van der Waals surface area contributed by atoms with Gasteiger partial charge in [-0.25, -0.2) is 0 Å². The summed E-state index contributed by atoms with van der Waals surface area (Å²) in [4.78, 5) is 2.75. The largest absolute Gasteiger partial charge is 0.302 e. The Morgan fingerprint density at radius 3 is 2.12 bits per heavy atom. The molecule has 1 saturated carbocycles. The summed E-state index contributed by atoms with van der Waals surface area (Å²) in [6.45, 7) is 6.07. The second-order valence-corrected chi connectivity index (χ2v) is 8.24. The SMILES string of the molecule is Cc1ccc(-c2ccc(C3CCCN(CC4CCCC4)C3)cc2)cc1. The number of benzene rings is 2. The molecule has 1 heteroatoms. The molecule has 2 fully saturated rings. The van der Waals surface area contributed by atoms with Crippen molar-refractivity contribution in [1.82, 2.24) is 4.90 Å². The van der Waals surface area contributed by atoms with E-state index in [0.29, 0.717) is 0 Å². The van der Waals surface area contributed by atoms with E-state index in [4.69, 9.17) is 0 Å². The van der Waals surface area contributed by atoms with Gasteiger partial charge in [-0.05, 0) is 67.7 Å². The Bertz CT molecular complexity index is 664. The van der Waals surface area contributed by atoms with Gasteiger partial charge in [0.1, 0.15) is 0 Å². The van der Waals surface area contributed by atoms with Crippen LogP contribution >= 0.6 is 0 Å². The van der Waals surface area contributed by atoms with Crippen LogP contribution in [0.2, 0.25) is 0 Å². The normalized spacial score (nSPS) is 22.4. The number of likely N-dealkylation sites (tertiary alicyclic amines) is 1. The molecular formula is C24H31N. The predicted molar refractivity (Wildman–Crippen MR) is 107 cm³/mol. The summed E-state index contributed by atoms with van der Waals surface area (Å²) in [5.74, 6) is 1.70. The molecule has 1 nitrogen and oxygen atoms in total. The summed E-state index contributed by atoms with van der Waals surface area (Å²) in [5.41, 5.74) is 5.52. The van der Waals surface area contributed by atoms with Crippen molar-refractivity contribution in [2.75, 3.05) is 19.6 Å². The molecule has 0 aromatic heterocycles. The van der Waals surface area contributed by atoms with Crippen LogP contribution in [-0.4, -0.2) is 24.5 Å². The minimum atomic E-state index is 0.724. The van der Waals surface area contributed by atoms with Gasteiger partial charge in [-0.1, -0.05) is 66.9 Å². The fraction of sp³-hybridized carbons (Fsp3) is 0.500. The lowest BCUT2D eigenvalue weighted by Gasteiger charge is -2.34. The summed E-state index contributed by atoms with van der Waals surface area (Å²) in [7, 11) is 0. The predicted octanol–water partition coefficient (Wildman–Crippen LogP) is 6.03. The molecule has 0 N–H and O–H groups in total. The maximum atomic E-state index is 2.75. The summed E-state index contributed by atoms with van der Waals surface area (Å²) in [6.07, 6.45) is 8.56. The highest BCUT2D eigenvalue weighted by Crippen LogP contribution is 2.31. The Kier molecular flexibility index (Phi) is 5.22. The van der Waals surface area contributed by atoms with E-state index in [0.717, 1.165) is 11.8 Å². The van der Waals surface area contributed by atoms with E-state index in [2.05, 4.69) is 60.4 Å². The summed E-state index contributed by atoms with van der Waals surface area (Å²) < 4.78 is 0. The molecule has 2 aliphatic rings. The first-order valence-corrected chi connectivity index (χ1v) is 10.2. The van der Waals surface area contributed by atoms with Gasteiger partial charge >= 0.3 is 0 Å². The van der Waals surface area contributed by atoms with Gasteiger partial charge in [-0.15, -0.1) is 0 Å². The topological polar surface area (TPSA) is 3.24 Å². The molecule has 2 aromatic carbocycles. The lowest BCUT2D eigenvalue weighted by molar-refractivity contribution is 0.179. The van der Waals surface area contributed by atoms with Crippen molar-refractivity contribution in [3.05, 3.63) is 59.7 Å². The van der Waals surface area contributed by atoms with E-state index in [9.17, 15) is 0 Å². The Labute approximate surface area is 153 Å². The van der Waals surface area contributed by atoms with Crippen molar-refractivity contribution in [1.29, 1.82) is 0 Å². The third kappa shape index (κ3) is 4.15. The molecule has 1 aliphatic carbocycles. The summed E-state index contributed by atoms with van der Waals surface area (Å²) in [5, 5.41) is 0. The van der Waals surface area contributed by atoms with Crippen LogP contribution in [0.5, 0.6) is 0 Å². The smallest absolute Gasteiger partial charge is 0.00504 e. The van der Waals surface area contributed by atoms with Gasteiger partial charge in [-0.3, -0.25) is 0 Å². The quantitative estimate of drug-likeness (QED) is 0.660. The number of hydrogen-bond donors (Lipinski definition) is 0. The molecule has 1 saturated heterocycles. The van der Waals surface area contributed by atoms with Crippen molar-refractivity contribution < 1.29 is 0 Å². The third-order valence-corrected chi connectivity index (χ3v) is 6.26. The molecule has 0 amide bonds. The number of hydrogen-bond acceptors (Lipinski definition) is 1. The molecule has 1 heterocycles. The van der Waals surface area contributed by atoms with Crippen LogP contribution in [0.15, 0.2) is 48.5 Å². The van der Waals surface area contributed by atoms with Gasteiger partial charge in [0.2, 0.25) is 0 Å². The van der Waals surface area contributed by atoms with E-state index in [1.807, 2.05) is 0 Å². The molecule has 25 heavy (non-hydrogen) atoms. The Balaban J connectivity index is 1.41. The van der Waals surface area contributed by atoms with Crippen LogP contribution in [0.25, 0.3) is 11.1 Å². The highest BCUT2D eigenvalue weighted by molar-refractivity contribution is 5.64. The van der Waals surface area contributed by atoms with E-state index < -0.39 is 0 Å². The number of nitrogens with zero attached hydrogens (tertiary/aromatic N) is 1. The highest BCUT2D eigenvalue weighted by atomic mass is 15.1. The zero-order valence-corrected chi connectivity index (χ0v) is 15.6. The highest BCUT2D eigenvalue weighted by Gasteiger charge is 2.24. The molecule has 132 valence electrons.